The van der Waals surface area contributed by atoms with E-state index in [0.29, 0.717) is 43.8 Å². The van der Waals surface area contributed by atoms with Gasteiger partial charge in [-0.2, -0.15) is 28.4 Å². The molecular formula is C39H34F8N8O2S. The van der Waals surface area contributed by atoms with Crippen LogP contribution in [-0.2, 0) is 6.18 Å². The molecule has 304 valence electrons. The molecule has 3 aromatic heterocycles. The van der Waals surface area contributed by atoms with Crippen molar-refractivity contribution in [1.29, 1.82) is 5.26 Å². The number of pyridine rings is 1. The Kier molecular flexibility index (Phi) is 8.68. The van der Waals surface area contributed by atoms with E-state index >= 15 is 22.0 Å². The standard InChI is InChI=1S/C39H34F8N8O2S/c1-18(21-12-19(40)14-51-32(21)49)55-10-11-56-30-26-29(28(42)25(27(30)39(45,46)47)20-2-3-23(41)31-24(20)22(13-48)33(50)58-31)52-35(53-34(26)55)57-17-36(4-5-36)16-54-8-6-37(7-9-54)15-38(37,43)44/h2-3,12,14,18H,4-11,15-17,50H2,1H3,(H2,49,51)/t18-/m1/s1. The van der Waals surface area contributed by atoms with Gasteiger partial charge in [-0.25, -0.2) is 26.9 Å². The summed E-state index contributed by atoms with van der Waals surface area (Å²) in [6.45, 7) is 2.62. The van der Waals surface area contributed by atoms with Crippen molar-refractivity contribution in [3.05, 3.63) is 58.5 Å². The molecule has 0 bridgehead atoms. The van der Waals surface area contributed by atoms with E-state index in [1.165, 1.54) is 4.90 Å². The number of hydrogen-bond acceptors (Lipinski definition) is 11. The molecule has 9 rings (SSSR count). The molecule has 19 heteroatoms. The summed E-state index contributed by atoms with van der Waals surface area (Å²) in [5.74, 6) is -6.82. The van der Waals surface area contributed by atoms with E-state index in [1.807, 2.05) is 6.07 Å². The molecule has 0 radical (unpaired) electrons. The summed E-state index contributed by atoms with van der Waals surface area (Å²) >= 11 is 0.639. The van der Waals surface area contributed by atoms with Crippen LogP contribution in [0.4, 0.5) is 51.8 Å². The topological polar surface area (TPSA) is 139 Å². The Morgan fingerprint density at radius 2 is 1.78 bits per heavy atom. The number of benzene rings is 2. The van der Waals surface area contributed by atoms with Crippen LogP contribution in [0.2, 0.25) is 0 Å². The molecule has 4 aliphatic rings. The lowest BCUT2D eigenvalue weighted by molar-refractivity contribution is -0.138. The van der Waals surface area contributed by atoms with Gasteiger partial charge >= 0.3 is 12.2 Å². The highest BCUT2D eigenvalue weighted by Gasteiger charge is 2.70. The Labute approximate surface area is 329 Å². The SMILES string of the molecule is C[C@H](c1cc(F)cnc1N)N1CCOc2c(C(F)(F)F)c(-c3ccc(F)c4sc(N)c(C#N)c34)c(F)c3nc(OCC4(CN5CCC6(CC5)CC6(F)F)CC4)nc1c23. The largest absolute Gasteiger partial charge is 0.490 e. The fourth-order valence-electron chi connectivity index (χ4n) is 8.69. The first-order chi connectivity index (χ1) is 27.5. The number of hydrogen-bond donors (Lipinski definition) is 2. The number of likely N-dealkylation sites (tertiary alicyclic amines) is 1. The quantitative estimate of drug-likeness (QED) is 0.146. The maximum atomic E-state index is 17.5. The Morgan fingerprint density at radius 3 is 2.43 bits per heavy atom. The van der Waals surface area contributed by atoms with Gasteiger partial charge in [0.05, 0.1) is 41.0 Å². The van der Waals surface area contributed by atoms with Crippen LogP contribution >= 0.6 is 11.3 Å². The predicted octanol–water partition coefficient (Wildman–Crippen LogP) is 8.62. The number of piperidine rings is 1. The number of halogens is 8. The van der Waals surface area contributed by atoms with E-state index in [1.54, 1.807) is 6.92 Å². The summed E-state index contributed by atoms with van der Waals surface area (Å²) in [6, 6.07) is 3.47. The number of rotatable bonds is 8. The Balaban J connectivity index is 1.20. The van der Waals surface area contributed by atoms with Crippen LogP contribution in [0.25, 0.3) is 32.1 Å². The van der Waals surface area contributed by atoms with Gasteiger partial charge in [0, 0.05) is 40.3 Å². The summed E-state index contributed by atoms with van der Waals surface area (Å²) in [6.07, 6.45) is -2.24. The number of thiophene rings is 1. The number of aromatic nitrogens is 3. The summed E-state index contributed by atoms with van der Waals surface area (Å²) in [7, 11) is 0. The first kappa shape index (κ1) is 38.3. The van der Waals surface area contributed by atoms with Gasteiger partial charge in [0.1, 0.15) is 57.8 Å². The summed E-state index contributed by atoms with van der Waals surface area (Å²) in [5, 5.41) is 9.00. The van der Waals surface area contributed by atoms with Gasteiger partial charge in [-0.05, 0) is 63.4 Å². The number of nitrogens with two attached hydrogens (primary N) is 2. The van der Waals surface area contributed by atoms with Gasteiger partial charge in [0.15, 0.2) is 5.82 Å². The maximum Gasteiger partial charge on any atom is 0.420 e. The highest BCUT2D eigenvalue weighted by Crippen LogP contribution is 2.66. The van der Waals surface area contributed by atoms with Gasteiger partial charge in [-0.3, -0.25) is 0 Å². The zero-order valence-corrected chi connectivity index (χ0v) is 31.6. The van der Waals surface area contributed by atoms with Crippen LogP contribution in [0.1, 0.15) is 61.8 Å². The Hall–Kier alpha value is -5.22. The van der Waals surface area contributed by atoms with Crippen molar-refractivity contribution in [2.24, 2.45) is 10.8 Å². The van der Waals surface area contributed by atoms with Crippen molar-refractivity contribution in [2.45, 2.75) is 57.2 Å². The van der Waals surface area contributed by atoms with Crippen LogP contribution in [0, 0.1) is 39.6 Å². The third kappa shape index (κ3) is 6.09. The lowest BCUT2D eigenvalue weighted by Crippen LogP contribution is -2.41. The van der Waals surface area contributed by atoms with Crippen LogP contribution in [0.5, 0.6) is 11.8 Å². The molecule has 1 saturated heterocycles. The highest BCUT2D eigenvalue weighted by molar-refractivity contribution is 7.23. The second kappa shape index (κ2) is 13.1. The minimum Gasteiger partial charge on any atom is -0.490 e. The number of fused-ring (bicyclic) bond motifs is 1. The van der Waals surface area contributed by atoms with E-state index in [-0.39, 0.29) is 63.4 Å². The Morgan fingerprint density at radius 1 is 1.05 bits per heavy atom. The second-order valence-corrected chi connectivity index (χ2v) is 16.8. The fraction of sp³-hybridized carbons (Fsp3) is 0.436. The molecule has 0 amide bonds. The Bertz CT molecular complexity index is 2560. The third-order valence-corrected chi connectivity index (χ3v) is 13.2. The fourth-order valence-corrected chi connectivity index (χ4v) is 9.64. The van der Waals surface area contributed by atoms with Crippen LogP contribution in [0.3, 0.4) is 0 Å². The molecular weight excluding hydrogens is 797 g/mol. The zero-order chi connectivity index (χ0) is 41.1. The highest BCUT2D eigenvalue weighted by atomic mass is 32.1. The maximum absolute atomic E-state index is 17.5. The molecule has 4 N–H and O–H groups in total. The molecule has 0 unspecified atom stereocenters. The van der Waals surface area contributed by atoms with E-state index < -0.39 is 86.4 Å². The van der Waals surface area contributed by atoms with Crippen molar-refractivity contribution in [3.63, 3.8) is 0 Å². The molecule has 10 nitrogen and oxygen atoms in total. The molecule has 3 fully saturated rings. The van der Waals surface area contributed by atoms with Crippen molar-refractivity contribution in [1.82, 2.24) is 19.9 Å². The first-order valence-electron chi connectivity index (χ1n) is 18.6. The van der Waals surface area contributed by atoms with E-state index in [2.05, 4.69) is 19.9 Å². The van der Waals surface area contributed by atoms with Crippen LogP contribution < -0.4 is 25.8 Å². The number of nitrogens with zero attached hydrogens (tertiary/aromatic N) is 6. The van der Waals surface area contributed by atoms with Crippen LogP contribution in [-0.4, -0.2) is 65.2 Å². The minimum absolute atomic E-state index is 0.0306. The second-order valence-electron chi connectivity index (χ2n) is 15.8. The molecule has 2 saturated carbocycles. The molecule has 5 aromatic rings. The van der Waals surface area contributed by atoms with Crippen molar-refractivity contribution < 1.29 is 44.6 Å². The average Bonchev–Trinajstić information content (AvgIpc) is 4.03. The van der Waals surface area contributed by atoms with Gasteiger partial charge in [-0.1, -0.05) is 6.07 Å². The van der Waals surface area contributed by atoms with Gasteiger partial charge in [-0.15, -0.1) is 11.3 Å². The predicted molar refractivity (Wildman–Crippen MR) is 199 cm³/mol. The molecule has 2 aliphatic heterocycles. The van der Waals surface area contributed by atoms with Gasteiger partial charge < -0.3 is 30.7 Å². The summed E-state index contributed by atoms with van der Waals surface area (Å²) < 4.78 is 133. The van der Waals surface area contributed by atoms with E-state index in [0.717, 1.165) is 37.2 Å². The number of nitrogen functional groups attached to an aromatic ring is 2. The monoisotopic (exact) mass is 830 g/mol. The molecule has 1 atom stereocenters. The first-order valence-corrected chi connectivity index (χ1v) is 19.4. The average molecular weight is 831 g/mol. The van der Waals surface area contributed by atoms with Crippen molar-refractivity contribution >= 4 is 49.0 Å². The van der Waals surface area contributed by atoms with Gasteiger partial charge in [0.25, 0.3) is 5.92 Å². The molecule has 1 spiro atoms. The van der Waals surface area contributed by atoms with Gasteiger partial charge in [0.2, 0.25) is 0 Å². The van der Waals surface area contributed by atoms with Crippen LogP contribution in [0.15, 0.2) is 24.4 Å². The summed E-state index contributed by atoms with van der Waals surface area (Å²) in [4.78, 5) is 16.4. The van der Waals surface area contributed by atoms with Crippen molar-refractivity contribution in [2.75, 3.05) is 55.8 Å². The lowest BCUT2D eigenvalue weighted by Gasteiger charge is -2.34. The van der Waals surface area contributed by atoms with E-state index in [4.69, 9.17) is 20.9 Å². The number of nitriles is 1. The number of anilines is 3. The minimum atomic E-state index is -5.29. The normalized spacial score (nSPS) is 19.8. The number of alkyl halides is 5. The van der Waals surface area contributed by atoms with E-state index in [9.17, 15) is 18.4 Å². The zero-order valence-electron chi connectivity index (χ0n) is 30.8. The third-order valence-electron chi connectivity index (χ3n) is 12.2. The molecule has 2 aliphatic carbocycles. The molecule has 2 aromatic carbocycles. The molecule has 5 heterocycles. The lowest BCUT2D eigenvalue weighted by atomic mass is 9.91. The molecule has 58 heavy (non-hydrogen) atoms. The van der Waals surface area contributed by atoms with Crippen molar-refractivity contribution in [3.8, 4) is 29.0 Å². The smallest absolute Gasteiger partial charge is 0.420 e. The summed E-state index contributed by atoms with van der Waals surface area (Å²) in [5.41, 5.74) is 6.97. The number of ether oxygens (including phenoxy) is 2.